The summed E-state index contributed by atoms with van der Waals surface area (Å²) < 4.78 is 68.0. The molecule has 1 aliphatic heterocycles. The van der Waals surface area contributed by atoms with Crippen molar-refractivity contribution in [2.75, 3.05) is 31.1 Å². The van der Waals surface area contributed by atoms with E-state index in [-0.39, 0.29) is 31.3 Å². The Bertz CT molecular complexity index is 930. The van der Waals surface area contributed by atoms with Gasteiger partial charge in [-0.25, -0.2) is 22.0 Å². The Morgan fingerprint density at radius 2 is 1.34 bits per heavy atom. The second-order valence-corrected chi connectivity index (χ2v) is 6.90. The van der Waals surface area contributed by atoms with E-state index in [4.69, 9.17) is 12.2 Å². The molecule has 3 rings (SSSR count). The van der Waals surface area contributed by atoms with Crippen molar-refractivity contribution in [3.05, 3.63) is 64.5 Å². The lowest BCUT2D eigenvalue weighted by molar-refractivity contribution is 0.0973. The number of thiocarbonyl (C=S) groups is 1. The lowest BCUT2D eigenvalue weighted by Gasteiger charge is -2.37. The molecule has 1 heterocycles. The van der Waals surface area contributed by atoms with Crippen LogP contribution in [0.15, 0.2) is 24.3 Å². The van der Waals surface area contributed by atoms with Crippen molar-refractivity contribution >= 4 is 28.9 Å². The summed E-state index contributed by atoms with van der Waals surface area (Å²) in [6.45, 7) is 2.06. The first kappa shape index (κ1) is 21.0. The number of anilines is 1. The van der Waals surface area contributed by atoms with Crippen molar-refractivity contribution in [1.29, 1.82) is 0 Å². The number of amides is 1. The lowest BCUT2D eigenvalue weighted by atomic mass is 10.1. The fourth-order valence-electron chi connectivity index (χ4n) is 2.96. The van der Waals surface area contributed by atoms with Crippen LogP contribution in [0.5, 0.6) is 0 Å². The largest absolute Gasteiger partial charge is 0.363 e. The molecule has 0 radical (unpaired) electrons. The van der Waals surface area contributed by atoms with Gasteiger partial charge in [-0.3, -0.25) is 10.1 Å². The smallest absolute Gasteiger partial charge is 0.257 e. The molecule has 0 unspecified atom stereocenters. The number of nitrogens with zero attached hydrogens (tertiary/aromatic N) is 2. The average Bonchev–Trinajstić information content (AvgIpc) is 2.72. The summed E-state index contributed by atoms with van der Waals surface area (Å²) in [5.41, 5.74) is 0.446. The molecule has 2 aromatic rings. The molecule has 1 aliphatic rings. The van der Waals surface area contributed by atoms with Crippen LogP contribution in [0.4, 0.5) is 27.6 Å². The van der Waals surface area contributed by atoms with E-state index in [2.05, 4.69) is 5.32 Å². The highest BCUT2D eigenvalue weighted by Crippen LogP contribution is 2.30. The summed E-state index contributed by atoms with van der Waals surface area (Å²) in [5.74, 6) is -10.3. The Hall–Kier alpha value is -2.75. The normalized spacial score (nSPS) is 14.1. The van der Waals surface area contributed by atoms with E-state index in [0.717, 1.165) is 10.5 Å². The molecule has 1 fully saturated rings. The van der Waals surface area contributed by atoms with Gasteiger partial charge in [0.25, 0.3) is 5.91 Å². The first-order valence-corrected chi connectivity index (χ1v) is 9.04. The summed E-state index contributed by atoms with van der Waals surface area (Å²) in [7, 11) is 0. The molecule has 0 atom stereocenters. The van der Waals surface area contributed by atoms with Gasteiger partial charge in [-0.1, -0.05) is 17.7 Å². The number of piperazine rings is 1. The van der Waals surface area contributed by atoms with E-state index in [1.54, 1.807) is 29.2 Å². The maximum atomic E-state index is 14.0. The summed E-state index contributed by atoms with van der Waals surface area (Å²) >= 11 is 5.20. The third-order valence-corrected chi connectivity index (χ3v) is 4.96. The minimum atomic E-state index is -2.19. The molecule has 0 bridgehead atoms. The van der Waals surface area contributed by atoms with Crippen molar-refractivity contribution in [3.63, 3.8) is 0 Å². The van der Waals surface area contributed by atoms with Crippen molar-refractivity contribution in [1.82, 2.24) is 10.2 Å². The minimum absolute atomic E-state index is 0.0428. The van der Waals surface area contributed by atoms with E-state index in [9.17, 15) is 26.7 Å². The Kier molecular flexibility index (Phi) is 6.02. The number of rotatable bonds is 2. The highest BCUT2D eigenvalue weighted by atomic mass is 32.1. The molecule has 154 valence electrons. The van der Waals surface area contributed by atoms with Crippen LogP contribution < -0.4 is 10.2 Å². The van der Waals surface area contributed by atoms with Crippen LogP contribution in [0.25, 0.3) is 0 Å². The van der Waals surface area contributed by atoms with Gasteiger partial charge in [0.15, 0.2) is 28.4 Å². The summed E-state index contributed by atoms with van der Waals surface area (Å²) in [6, 6.07) is 6.85. The minimum Gasteiger partial charge on any atom is -0.363 e. The van der Waals surface area contributed by atoms with E-state index < -0.39 is 40.7 Å². The Labute approximate surface area is 168 Å². The van der Waals surface area contributed by atoms with E-state index in [1.165, 1.54) is 0 Å². The Morgan fingerprint density at radius 1 is 0.862 bits per heavy atom. The molecule has 0 aliphatic carbocycles. The first-order chi connectivity index (χ1) is 13.7. The number of carbonyl (C=O) groups is 1. The standard InChI is InChI=1S/C19H16F5N3OS/c1-10-2-4-11(5-3-10)18(28)25-19(29)27-8-6-26(7-9-27)17-15(23)13(21)12(20)14(22)16(17)24/h2-5H,6-9H2,1H3,(H,25,28,29). The molecule has 1 amide bonds. The topological polar surface area (TPSA) is 35.6 Å². The number of nitrogens with one attached hydrogen (secondary N) is 1. The maximum absolute atomic E-state index is 14.0. The van der Waals surface area contributed by atoms with Gasteiger partial charge < -0.3 is 9.80 Å². The highest BCUT2D eigenvalue weighted by Gasteiger charge is 2.31. The van der Waals surface area contributed by atoms with Gasteiger partial charge in [0.2, 0.25) is 5.82 Å². The average molecular weight is 429 g/mol. The predicted octanol–water partition coefficient (Wildman–Crippen LogP) is 3.53. The van der Waals surface area contributed by atoms with Gasteiger partial charge >= 0.3 is 0 Å². The predicted molar refractivity (Wildman–Crippen MR) is 101 cm³/mol. The number of benzene rings is 2. The van der Waals surface area contributed by atoms with Crippen molar-refractivity contribution in [2.24, 2.45) is 0 Å². The van der Waals surface area contributed by atoms with Gasteiger partial charge in [0.05, 0.1) is 0 Å². The monoisotopic (exact) mass is 429 g/mol. The van der Waals surface area contributed by atoms with Crippen LogP contribution in [-0.4, -0.2) is 42.1 Å². The molecule has 10 heteroatoms. The number of hydrogen-bond donors (Lipinski definition) is 1. The fourth-order valence-corrected chi connectivity index (χ4v) is 3.23. The van der Waals surface area contributed by atoms with Crippen molar-refractivity contribution in [3.8, 4) is 0 Å². The van der Waals surface area contributed by atoms with Crippen LogP contribution in [0.3, 0.4) is 0 Å². The molecule has 1 saturated heterocycles. The van der Waals surface area contributed by atoms with Gasteiger partial charge in [0, 0.05) is 31.7 Å². The second kappa shape index (κ2) is 8.32. The highest BCUT2D eigenvalue weighted by molar-refractivity contribution is 7.80. The van der Waals surface area contributed by atoms with Crippen LogP contribution in [0, 0.1) is 36.0 Å². The zero-order chi connectivity index (χ0) is 21.3. The van der Waals surface area contributed by atoms with Crippen molar-refractivity contribution < 1.29 is 26.7 Å². The van der Waals surface area contributed by atoms with Crippen LogP contribution in [0.1, 0.15) is 15.9 Å². The SMILES string of the molecule is Cc1ccc(C(=O)NC(=S)N2CCN(c3c(F)c(F)c(F)c(F)c3F)CC2)cc1. The first-order valence-electron chi connectivity index (χ1n) is 8.64. The molecule has 4 nitrogen and oxygen atoms in total. The zero-order valence-electron chi connectivity index (χ0n) is 15.2. The van der Waals surface area contributed by atoms with Gasteiger partial charge in [-0.15, -0.1) is 0 Å². The van der Waals surface area contributed by atoms with E-state index in [1.807, 2.05) is 6.92 Å². The number of halogens is 5. The second-order valence-electron chi connectivity index (χ2n) is 6.52. The number of aryl methyl sites for hydroxylation is 1. The fraction of sp³-hybridized carbons (Fsp3) is 0.263. The summed E-state index contributed by atoms with van der Waals surface area (Å²) in [5, 5.41) is 2.69. The van der Waals surface area contributed by atoms with E-state index >= 15 is 0 Å². The van der Waals surface area contributed by atoms with Crippen LogP contribution in [-0.2, 0) is 0 Å². The molecule has 29 heavy (non-hydrogen) atoms. The molecule has 0 aromatic heterocycles. The molecular formula is C19H16F5N3OS. The van der Waals surface area contributed by atoms with Gasteiger partial charge in [0.1, 0.15) is 5.69 Å². The van der Waals surface area contributed by atoms with E-state index in [0.29, 0.717) is 5.56 Å². The van der Waals surface area contributed by atoms with Gasteiger partial charge in [-0.05, 0) is 31.3 Å². The quantitative estimate of drug-likeness (QED) is 0.343. The molecule has 1 N–H and O–H groups in total. The third-order valence-electron chi connectivity index (χ3n) is 4.60. The molecule has 0 saturated carbocycles. The zero-order valence-corrected chi connectivity index (χ0v) is 16.1. The lowest BCUT2D eigenvalue weighted by Crippen LogP contribution is -2.53. The van der Waals surface area contributed by atoms with Crippen molar-refractivity contribution in [2.45, 2.75) is 6.92 Å². The molecule has 0 spiro atoms. The molecular weight excluding hydrogens is 413 g/mol. The summed E-state index contributed by atoms with van der Waals surface area (Å²) in [4.78, 5) is 14.9. The van der Waals surface area contributed by atoms with Gasteiger partial charge in [-0.2, -0.15) is 0 Å². The Morgan fingerprint density at radius 3 is 1.86 bits per heavy atom. The third kappa shape index (κ3) is 4.16. The maximum Gasteiger partial charge on any atom is 0.257 e. The molecule has 2 aromatic carbocycles. The summed E-state index contributed by atoms with van der Waals surface area (Å²) in [6.07, 6.45) is 0. The van der Waals surface area contributed by atoms with Crippen LogP contribution >= 0.6 is 12.2 Å². The Balaban J connectivity index is 1.66. The number of carbonyl (C=O) groups excluding carboxylic acids is 1. The van der Waals surface area contributed by atoms with Crippen LogP contribution in [0.2, 0.25) is 0 Å². The number of hydrogen-bond acceptors (Lipinski definition) is 3.